The molecule has 1 aromatic heterocycles. The van der Waals surface area contributed by atoms with Crippen LogP contribution >= 0.6 is 0 Å². The van der Waals surface area contributed by atoms with Crippen LogP contribution in [0.3, 0.4) is 0 Å². The Morgan fingerprint density at radius 1 is 1.03 bits per heavy atom. The molecule has 3 aromatic rings. The van der Waals surface area contributed by atoms with Gasteiger partial charge in [0.25, 0.3) is 0 Å². The molecule has 2 amide bonds. The maximum atomic E-state index is 12.6. The summed E-state index contributed by atoms with van der Waals surface area (Å²) in [5.41, 5.74) is 7.18. The van der Waals surface area contributed by atoms with Crippen LogP contribution in [0.15, 0.2) is 60.7 Å². The number of tetrazole rings is 1. The molecule has 0 radical (unpaired) electrons. The molecule has 3 rings (SSSR count). The van der Waals surface area contributed by atoms with Gasteiger partial charge in [-0.15, -0.1) is 5.10 Å². The summed E-state index contributed by atoms with van der Waals surface area (Å²) in [6.45, 7) is 4.87. The van der Waals surface area contributed by atoms with E-state index in [9.17, 15) is 9.59 Å². The van der Waals surface area contributed by atoms with Gasteiger partial charge in [0.05, 0.1) is 18.8 Å². The van der Waals surface area contributed by atoms with Gasteiger partial charge in [0, 0.05) is 19.5 Å². The first-order valence-corrected chi connectivity index (χ1v) is 12.6. The summed E-state index contributed by atoms with van der Waals surface area (Å²) >= 11 is 0. The van der Waals surface area contributed by atoms with Gasteiger partial charge in [0.1, 0.15) is 6.04 Å². The number of hydrogen-bond donors (Lipinski definition) is 3. The third kappa shape index (κ3) is 9.74. The Morgan fingerprint density at radius 3 is 2.38 bits per heavy atom. The standard InChI is InChI=1S/C27H37N7O3/c1-27(2,28)26(36)30-23(20-37-19-22-13-7-4-8-14-22)25-31-32-33-34(25)18-10-16-24(35)29-17-9-15-21-11-5-3-6-12-21/h3-8,11-14,23H,9-10,15-20,28H2,1-2H3,(H,29,35)(H,30,36)/t23-/m1/s1. The van der Waals surface area contributed by atoms with Crippen LogP contribution in [-0.2, 0) is 33.9 Å². The van der Waals surface area contributed by atoms with Crippen molar-refractivity contribution in [1.82, 2.24) is 30.8 Å². The average Bonchev–Trinajstić information content (AvgIpc) is 3.35. The molecule has 0 fully saturated rings. The smallest absolute Gasteiger partial charge is 0.240 e. The number of rotatable bonds is 15. The van der Waals surface area contributed by atoms with Gasteiger partial charge in [-0.2, -0.15) is 0 Å². The van der Waals surface area contributed by atoms with Crippen molar-refractivity contribution in [1.29, 1.82) is 0 Å². The topological polar surface area (TPSA) is 137 Å². The van der Waals surface area contributed by atoms with Gasteiger partial charge >= 0.3 is 0 Å². The number of carbonyl (C=O) groups is 2. The van der Waals surface area contributed by atoms with Gasteiger partial charge in [0.15, 0.2) is 5.82 Å². The molecule has 0 saturated carbocycles. The molecule has 0 unspecified atom stereocenters. The molecule has 0 bridgehead atoms. The van der Waals surface area contributed by atoms with Crippen molar-refractivity contribution in [2.24, 2.45) is 5.73 Å². The number of ether oxygens (including phenoxy) is 1. The molecule has 10 nitrogen and oxygen atoms in total. The Labute approximate surface area is 218 Å². The molecule has 0 spiro atoms. The second-order valence-corrected chi connectivity index (χ2v) is 9.55. The zero-order valence-electron chi connectivity index (χ0n) is 21.6. The fraction of sp³-hybridized carbons (Fsp3) is 0.444. The van der Waals surface area contributed by atoms with Gasteiger partial charge < -0.3 is 21.1 Å². The average molecular weight is 508 g/mol. The van der Waals surface area contributed by atoms with E-state index in [0.29, 0.717) is 38.4 Å². The Bertz CT molecular complexity index is 1100. The molecule has 2 aromatic carbocycles. The molecule has 0 aliphatic heterocycles. The maximum Gasteiger partial charge on any atom is 0.240 e. The van der Waals surface area contributed by atoms with E-state index in [2.05, 4.69) is 38.3 Å². The Balaban J connectivity index is 1.49. The number of amides is 2. The highest BCUT2D eigenvalue weighted by Gasteiger charge is 2.28. The molecule has 10 heteroatoms. The molecule has 4 N–H and O–H groups in total. The van der Waals surface area contributed by atoms with E-state index in [1.54, 1.807) is 18.5 Å². The molecular formula is C27H37N7O3. The van der Waals surface area contributed by atoms with E-state index < -0.39 is 11.6 Å². The fourth-order valence-electron chi connectivity index (χ4n) is 3.66. The van der Waals surface area contributed by atoms with Crippen LogP contribution in [0.4, 0.5) is 0 Å². The van der Waals surface area contributed by atoms with E-state index in [1.807, 2.05) is 48.5 Å². The molecule has 37 heavy (non-hydrogen) atoms. The summed E-state index contributed by atoms with van der Waals surface area (Å²) in [7, 11) is 0. The van der Waals surface area contributed by atoms with Crippen molar-refractivity contribution in [2.45, 2.75) is 64.3 Å². The van der Waals surface area contributed by atoms with E-state index in [4.69, 9.17) is 10.5 Å². The van der Waals surface area contributed by atoms with Gasteiger partial charge in [-0.05, 0) is 54.7 Å². The van der Waals surface area contributed by atoms with Gasteiger partial charge in [-0.1, -0.05) is 60.7 Å². The second-order valence-electron chi connectivity index (χ2n) is 9.55. The normalized spacial score (nSPS) is 12.2. The summed E-state index contributed by atoms with van der Waals surface area (Å²) < 4.78 is 7.48. The second kappa shape index (κ2) is 14.2. The minimum absolute atomic E-state index is 0.0105. The number of benzene rings is 2. The Kier molecular flexibility index (Phi) is 10.7. The largest absolute Gasteiger partial charge is 0.374 e. The SMILES string of the molecule is CC(C)(N)C(=O)N[C@H](COCc1ccccc1)c1nnnn1CCCC(=O)NCCCc1ccccc1. The molecule has 1 heterocycles. The molecular weight excluding hydrogens is 470 g/mol. The van der Waals surface area contributed by atoms with E-state index in [1.165, 1.54) is 5.56 Å². The van der Waals surface area contributed by atoms with Crippen molar-refractivity contribution >= 4 is 11.8 Å². The first-order chi connectivity index (χ1) is 17.8. The number of aromatic nitrogens is 4. The van der Waals surface area contributed by atoms with Gasteiger partial charge in [0.2, 0.25) is 11.8 Å². The predicted octanol–water partition coefficient (Wildman–Crippen LogP) is 2.31. The van der Waals surface area contributed by atoms with Crippen molar-refractivity contribution in [3.63, 3.8) is 0 Å². The number of nitrogens with two attached hydrogens (primary N) is 1. The molecule has 198 valence electrons. The van der Waals surface area contributed by atoms with Crippen LogP contribution in [0, 0.1) is 0 Å². The summed E-state index contributed by atoms with van der Waals surface area (Å²) in [5.74, 6) is 0.0998. The Morgan fingerprint density at radius 2 is 1.70 bits per heavy atom. The zero-order chi connectivity index (χ0) is 26.5. The maximum absolute atomic E-state index is 12.6. The van der Waals surface area contributed by atoms with Crippen molar-refractivity contribution < 1.29 is 14.3 Å². The van der Waals surface area contributed by atoms with E-state index in [0.717, 1.165) is 18.4 Å². The van der Waals surface area contributed by atoms with E-state index >= 15 is 0 Å². The predicted molar refractivity (Wildman–Crippen MR) is 140 cm³/mol. The van der Waals surface area contributed by atoms with Crippen LogP contribution in [0.5, 0.6) is 0 Å². The van der Waals surface area contributed by atoms with Crippen molar-refractivity contribution in [3.8, 4) is 0 Å². The van der Waals surface area contributed by atoms with Crippen molar-refractivity contribution in [2.75, 3.05) is 13.2 Å². The van der Waals surface area contributed by atoms with Crippen LogP contribution in [-0.4, -0.2) is 50.7 Å². The quantitative estimate of drug-likeness (QED) is 0.269. The van der Waals surface area contributed by atoms with Crippen LogP contribution in [0.2, 0.25) is 0 Å². The molecule has 0 aliphatic carbocycles. The number of hydrogen-bond acceptors (Lipinski definition) is 7. The highest BCUT2D eigenvalue weighted by molar-refractivity contribution is 5.85. The van der Waals surface area contributed by atoms with E-state index in [-0.39, 0.29) is 18.4 Å². The highest BCUT2D eigenvalue weighted by Crippen LogP contribution is 2.14. The third-order valence-corrected chi connectivity index (χ3v) is 5.74. The lowest BCUT2D eigenvalue weighted by Crippen LogP contribution is -2.51. The van der Waals surface area contributed by atoms with Crippen LogP contribution in [0.25, 0.3) is 0 Å². The van der Waals surface area contributed by atoms with Crippen molar-refractivity contribution in [3.05, 3.63) is 77.6 Å². The van der Waals surface area contributed by atoms with Crippen LogP contribution < -0.4 is 16.4 Å². The van der Waals surface area contributed by atoms with Crippen LogP contribution in [0.1, 0.15) is 56.1 Å². The molecule has 0 aliphatic rings. The third-order valence-electron chi connectivity index (χ3n) is 5.74. The molecule has 1 atom stereocenters. The lowest BCUT2D eigenvalue weighted by Gasteiger charge is -2.23. The molecule has 0 saturated heterocycles. The number of aryl methyl sites for hydroxylation is 2. The highest BCUT2D eigenvalue weighted by atomic mass is 16.5. The summed E-state index contributed by atoms with van der Waals surface area (Å²) in [6, 6.07) is 19.4. The summed E-state index contributed by atoms with van der Waals surface area (Å²) in [5, 5.41) is 17.9. The first kappa shape index (κ1) is 27.9. The Hall–Kier alpha value is -3.63. The van der Waals surface area contributed by atoms with Gasteiger partial charge in [-0.3, -0.25) is 9.59 Å². The lowest BCUT2D eigenvalue weighted by atomic mass is 10.1. The van der Waals surface area contributed by atoms with Gasteiger partial charge in [-0.25, -0.2) is 4.68 Å². The fourth-order valence-corrected chi connectivity index (χ4v) is 3.66. The zero-order valence-corrected chi connectivity index (χ0v) is 21.6. The number of nitrogens with one attached hydrogen (secondary N) is 2. The first-order valence-electron chi connectivity index (χ1n) is 12.6. The monoisotopic (exact) mass is 507 g/mol. The number of nitrogens with zero attached hydrogens (tertiary/aromatic N) is 4. The number of carbonyl (C=O) groups excluding carboxylic acids is 2. The summed E-state index contributed by atoms with van der Waals surface area (Å²) in [4.78, 5) is 24.9. The minimum Gasteiger partial charge on any atom is -0.374 e. The summed E-state index contributed by atoms with van der Waals surface area (Å²) in [6.07, 6.45) is 2.71. The lowest BCUT2D eigenvalue weighted by molar-refractivity contribution is -0.126. The minimum atomic E-state index is -1.07.